The van der Waals surface area contributed by atoms with Gasteiger partial charge in [-0.25, -0.2) is 9.37 Å². The highest BCUT2D eigenvalue weighted by Crippen LogP contribution is 2.51. The van der Waals surface area contributed by atoms with Gasteiger partial charge in [0.1, 0.15) is 35.0 Å². The van der Waals surface area contributed by atoms with E-state index in [1.165, 1.54) is 12.1 Å². The number of pyridine rings is 1. The molecule has 218 valence electrons. The predicted molar refractivity (Wildman–Crippen MR) is 156 cm³/mol. The molecule has 0 saturated heterocycles. The number of carbonyl (C=O) groups excluding carboxylic acids is 1. The molecule has 7 rings (SSSR count). The fraction of sp³-hybridized carbons (Fsp3) is 0.406. The average molecular weight is 591 g/mol. The molecule has 10 heteroatoms. The van der Waals surface area contributed by atoms with Gasteiger partial charge in [-0.2, -0.15) is 5.10 Å². The SMILES string of the molecule is COc1cc(C(=O)CC[C@](O)(c2cc3c(c(-c4ccc(F)c(Cl)c4)n2)OC[C@]3(C)N)C2CC2)cc2cn(C3CC3)nc12. The van der Waals surface area contributed by atoms with Crippen LogP contribution in [0.3, 0.4) is 0 Å². The van der Waals surface area contributed by atoms with Crippen LogP contribution in [0.15, 0.2) is 42.6 Å². The number of nitrogens with two attached hydrogens (primary N) is 1. The van der Waals surface area contributed by atoms with Crippen molar-refractivity contribution in [2.75, 3.05) is 13.7 Å². The highest BCUT2D eigenvalue weighted by atomic mass is 35.5. The highest BCUT2D eigenvalue weighted by molar-refractivity contribution is 6.31. The van der Waals surface area contributed by atoms with Crippen LogP contribution in [0.4, 0.5) is 4.39 Å². The van der Waals surface area contributed by atoms with Crippen LogP contribution in [0.2, 0.25) is 5.02 Å². The van der Waals surface area contributed by atoms with E-state index >= 15 is 0 Å². The number of carbonyl (C=O) groups is 1. The standard InChI is InChI=1S/C32H32ClFN4O4/c1-31(35)16-42-30-22(31)14-27(36-29(30)17-3-8-24(34)23(33)12-17)32(40,20-4-5-20)10-9-25(39)18-11-19-15-38(21-6-7-21)37-28(19)26(13-18)41-2/h3,8,11-15,20-21,40H,4-7,9-10,16,35H2,1-2H3/t31-,32+/m0/s1. The van der Waals surface area contributed by atoms with Crippen LogP contribution in [-0.2, 0) is 11.1 Å². The summed E-state index contributed by atoms with van der Waals surface area (Å²) in [5, 5.41) is 17.7. The Morgan fingerprint density at radius 1 is 1.26 bits per heavy atom. The number of Topliss-reactive ketones (excluding diaryl/α,β-unsaturated/α-hetero) is 1. The molecule has 1 aliphatic heterocycles. The second-order valence-corrected chi connectivity index (χ2v) is 12.6. The third kappa shape index (κ3) is 4.64. The maximum Gasteiger partial charge on any atom is 0.163 e. The number of benzene rings is 2. The minimum absolute atomic E-state index is 0.0416. The second-order valence-electron chi connectivity index (χ2n) is 12.1. The zero-order valence-electron chi connectivity index (χ0n) is 23.5. The molecular formula is C32H32ClFN4O4. The predicted octanol–water partition coefficient (Wildman–Crippen LogP) is 6.06. The van der Waals surface area contributed by atoms with Gasteiger partial charge in [-0.15, -0.1) is 0 Å². The smallest absolute Gasteiger partial charge is 0.163 e. The van der Waals surface area contributed by atoms with Crippen LogP contribution in [0.1, 0.15) is 73.1 Å². The summed E-state index contributed by atoms with van der Waals surface area (Å²) in [4.78, 5) is 18.4. The van der Waals surface area contributed by atoms with Crippen molar-refractivity contribution in [2.24, 2.45) is 11.7 Å². The van der Waals surface area contributed by atoms with Gasteiger partial charge >= 0.3 is 0 Å². The summed E-state index contributed by atoms with van der Waals surface area (Å²) in [6, 6.07) is 10.1. The molecule has 8 nitrogen and oxygen atoms in total. The normalized spacial score (nSPS) is 21.2. The Morgan fingerprint density at radius 2 is 2.05 bits per heavy atom. The number of halogens is 2. The first-order valence-corrected chi connectivity index (χ1v) is 14.7. The van der Waals surface area contributed by atoms with E-state index in [2.05, 4.69) is 5.10 Å². The van der Waals surface area contributed by atoms with Crippen LogP contribution in [0.5, 0.6) is 11.5 Å². The van der Waals surface area contributed by atoms with E-state index in [-0.39, 0.29) is 36.2 Å². The van der Waals surface area contributed by atoms with Crippen LogP contribution < -0.4 is 15.2 Å². The monoisotopic (exact) mass is 590 g/mol. The van der Waals surface area contributed by atoms with Gasteiger partial charge in [-0.1, -0.05) is 11.6 Å². The zero-order valence-corrected chi connectivity index (χ0v) is 24.2. The lowest BCUT2D eigenvalue weighted by Crippen LogP contribution is -2.35. The molecule has 2 aromatic carbocycles. The van der Waals surface area contributed by atoms with Gasteiger partial charge in [0.2, 0.25) is 0 Å². The first-order chi connectivity index (χ1) is 20.1. The fourth-order valence-corrected chi connectivity index (χ4v) is 6.16. The van der Waals surface area contributed by atoms with Gasteiger partial charge in [0.05, 0.1) is 29.4 Å². The summed E-state index contributed by atoms with van der Waals surface area (Å²) in [6.45, 7) is 2.09. The number of aliphatic hydroxyl groups is 1. The van der Waals surface area contributed by atoms with E-state index in [9.17, 15) is 14.3 Å². The lowest BCUT2D eigenvalue weighted by molar-refractivity contribution is -0.00116. The largest absolute Gasteiger partial charge is 0.494 e. The van der Waals surface area contributed by atoms with Gasteiger partial charge in [-0.3, -0.25) is 9.48 Å². The number of nitrogens with zero attached hydrogens (tertiary/aromatic N) is 3. The van der Waals surface area contributed by atoms with Crippen LogP contribution >= 0.6 is 11.6 Å². The van der Waals surface area contributed by atoms with E-state index in [4.69, 9.17) is 31.8 Å². The molecule has 0 bridgehead atoms. The van der Waals surface area contributed by atoms with Crippen molar-refractivity contribution < 1.29 is 23.8 Å². The zero-order chi connectivity index (χ0) is 29.4. The number of hydrogen-bond donors (Lipinski definition) is 2. The lowest BCUT2D eigenvalue weighted by atomic mass is 9.83. The molecule has 2 saturated carbocycles. The number of ketones is 1. The third-order valence-corrected chi connectivity index (χ3v) is 9.07. The van der Waals surface area contributed by atoms with E-state index < -0.39 is 17.0 Å². The number of fused-ring (bicyclic) bond motifs is 2. The van der Waals surface area contributed by atoms with E-state index in [0.29, 0.717) is 45.6 Å². The molecule has 0 spiro atoms. The van der Waals surface area contributed by atoms with E-state index in [1.807, 2.05) is 23.9 Å². The van der Waals surface area contributed by atoms with Crippen LogP contribution in [0.25, 0.3) is 22.2 Å². The molecule has 0 unspecified atom stereocenters. The van der Waals surface area contributed by atoms with Crippen LogP contribution in [0, 0.1) is 11.7 Å². The van der Waals surface area contributed by atoms with Crippen molar-refractivity contribution in [2.45, 2.75) is 62.6 Å². The minimum atomic E-state index is -1.37. The van der Waals surface area contributed by atoms with Gasteiger partial charge in [-0.05, 0) is 81.3 Å². The van der Waals surface area contributed by atoms with Crippen molar-refractivity contribution in [3.05, 3.63) is 70.3 Å². The highest BCUT2D eigenvalue weighted by Gasteiger charge is 2.48. The summed E-state index contributed by atoms with van der Waals surface area (Å²) >= 11 is 6.11. The Balaban J connectivity index is 1.23. The third-order valence-electron chi connectivity index (χ3n) is 8.78. The van der Waals surface area contributed by atoms with Gasteiger partial charge < -0.3 is 20.3 Å². The molecule has 2 fully saturated rings. The quantitative estimate of drug-likeness (QED) is 0.228. The molecule has 2 aliphatic carbocycles. The molecule has 4 aromatic rings. The molecule has 0 amide bonds. The van der Waals surface area contributed by atoms with Crippen LogP contribution in [-0.4, -0.2) is 39.4 Å². The maximum absolute atomic E-state index is 14.0. The number of hydrogen-bond acceptors (Lipinski definition) is 7. The molecule has 2 aromatic heterocycles. The second kappa shape index (κ2) is 9.76. The first-order valence-electron chi connectivity index (χ1n) is 14.3. The summed E-state index contributed by atoms with van der Waals surface area (Å²) in [7, 11) is 1.57. The van der Waals surface area contributed by atoms with Crippen molar-refractivity contribution in [3.8, 4) is 22.8 Å². The molecule has 3 N–H and O–H groups in total. The van der Waals surface area contributed by atoms with Gasteiger partial charge in [0.25, 0.3) is 0 Å². The minimum Gasteiger partial charge on any atom is -0.494 e. The fourth-order valence-electron chi connectivity index (χ4n) is 5.98. The number of aromatic nitrogens is 3. The van der Waals surface area contributed by atoms with Crippen molar-refractivity contribution in [3.63, 3.8) is 0 Å². The summed E-state index contributed by atoms with van der Waals surface area (Å²) in [6.07, 6.45) is 6.08. The molecule has 3 aliphatic rings. The number of ether oxygens (including phenoxy) is 2. The Morgan fingerprint density at radius 3 is 2.74 bits per heavy atom. The van der Waals surface area contributed by atoms with E-state index in [1.54, 1.807) is 25.3 Å². The number of rotatable bonds is 9. The topological polar surface area (TPSA) is 112 Å². The summed E-state index contributed by atoms with van der Waals surface area (Å²) in [5.41, 5.74) is 7.78. The summed E-state index contributed by atoms with van der Waals surface area (Å²) < 4.78 is 27.5. The summed E-state index contributed by atoms with van der Waals surface area (Å²) in [5.74, 6) is 0.346. The molecule has 3 heterocycles. The molecule has 42 heavy (non-hydrogen) atoms. The number of methoxy groups -OCH3 is 1. The van der Waals surface area contributed by atoms with E-state index in [0.717, 1.165) is 36.6 Å². The maximum atomic E-state index is 14.0. The first kappa shape index (κ1) is 27.3. The Hall–Kier alpha value is -3.53. The van der Waals surface area contributed by atoms with Crippen molar-refractivity contribution >= 4 is 28.3 Å². The Labute approximate surface area is 247 Å². The van der Waals surface area contributed by atoms with Gasteiger partial charge in [0, 0.05) is 34.7 Å². The van der Waals surface area contributed by atoms with Crippen molar-refractivity contribution in [1.82, 2.24) is 14.8 Å². The molecule has 0 radical (unpaired) electrons. The molecule has 2 atom stereocenters. The van der Waals surface area contributed by atoms with Gasteiger partial charge in [0.15, 0.2) is 11.5 Å². The average Bonchev–Trinajstić information content (AvgIpc) is 3.92. The Bertz CT molecular complexity index is 1750. The Kier molecular flexibility index (Phi) is 6.34. The van der Waals surface area contributed by atoms with Crippen molar-refractivity contribution in [1.29, 1.82) is 0 Å². The molecular weight excluding hydrogens is 559 g/mol. The lowest BCUT2D eigenvalue weighted by Gasteiger charge is -2.29.